The number of nitrogen functional groups attached to an aromatic ring is 1. The lowest BCUT2D eigenvalue weighted by atomic mass is 10.2. The largest absolute Gasteiger partial charge is 0.454 e. The second-order valence-corrected chi connectivity index (χ2v) is 3.79. The minimum atomic E-state index is -0.452. The summed E-state index contributed by atoms with van der Waals surface area (Å²) >= 11 is 0. The van der Waals surface area contributed by atoms with E-state index in [1.165, 1.54) is 12.1 Å². The molecular weight excluding hydrogens is 217 g/mol. The van der Waals surface area contributed by atoms with Crippen molar-refractivity contribution in [2.75, 3.05) is 5.73 Å². The minimum absolute atomic E-state index is 0.187. The Labute approximate surface area is 99.8 Å². The molecule has 0 saturated heterocycles. The Morgan fingerprint density at radius 2 is 2.00 bits per heavy atom. The lowest BCUT2D eigenvalue weighted by molar-refractivity contribution is 0.442. The molecule has 0 atom stereocenters. The second kappa shape index (κ2) is 4.87. The highest BCUT2D eigenvalue weighted by atomic mass is 19.1. The van der Waals surface area contributed by atoms with Gasteiger partial charge in [-0.3, -0.25) is 0 Å². The van der Waals surface area contributed by atoms with E-state index in [0.717, 1.165) is 12.0 Å². The zero-order valence-corrected chi connectivity index (χ0v) is 9.61. The summed E-state index contributed by atoms with van der Waals surface area (Å²) in [6.07, 6.45) is 0.918. The number of nitrogens with two attached hydrogens (primary N) is 1. The van der Waals surface area contributed by atoms with Gasteiger partial charge < -0.3 is 10.5 Å². The zero-order valence-electron chi connectivity index (χ0n) is 9.61. The van der Waals surface area contributed by atoms with Gasteiger partial charge >= 0.3 is 0 Å². The van der Waals surface area contributed by atoms with E-state index in [4.69, 9.17) is 10.5 Å². The van der Waals surface area contributed by atoms with Crippen molar-refractivity contribution in [3.63, 3.8) is 0 Å². The first kappa shape index (κ1) is 11.5. The van der Waals surface area contributed by atoms with Crippen LogP contribution in [-0.2, 0) is 6.42 Å². The maximum atomic E-state index is 13.5. The number of aryl methyl sites for hydroxylation is 1. The monoisotopic (exact) mass is 231 g/mol. The standard InChI is InChI=1S/C14H14FNO/c1-2-10-4-3-5-12(8-10)17-14-7-6-11(16)9-13(14)15/h3-9H,2,16H2,1H3. The summed E-state index contributed by atoms with van der Waals surface area (Å²) in [5, 5.41) is 0. The third-order valence-corrected chi connectivity index (χ3v) is 2.49. The molecule has 0 fully saturated rings. The van der Waals surface area contributed by atoms with Gasteiger partial charge in [0.25, 0.3) is 0 Å². The molecule has 0 radical (unpaired) electrons. The first-order valence-electron chi connectivity index (χ1n) is 5.51. The molecule has 3 heteroatoms. The van der Waals surface area contributed by atoms with Gasteiger partial charge in [-0.1, -0.05) is 19.1 Å². The van der Waals surface area contributed by atoms with Crippen LogP contribution in [0.2, 0.25) is 0 Å². The molecule has 0 aliphatic rings. The molecule has 0 bridgehead atoms. The molecule has 2 rings (SSSR count). The SMILES string of the molecule is CCc1cccc(Oc2ccc(N)cc2F)c1. The van der Waals surface area contributed by atoms with Crippen molar-refractivity contribution < 1.29 is 9.13 Å². The highest BCUT2D eigenvalue weighted by Crippen LogP contribution is 2.26. The molecule has 0 aliphatic carbocycles. The Hall–Kier alpha value is -2.03. The molecular formula is C14H14FNO. The van der Waals surface area contributed by atoms with Gasteiger partial charge in [-0.05, 0) is 36.2 Å². The second-order valence-electron chi connectivity index (χ2n) is 3.79. The summed E-state index contributed by atoms with van der Waals surface area (Å²) in [5.41, 5.74) is 7.01. The van der Waals surface area contributed by atoms with E-state index in [2.05, 4.69) is 6.92 Å². The van der Waals surface area contributed by atoms with Crippen molar-refractivity contribution in [1.29, 1.82) is 0 Å². The number of hydrogen-bond donors (Lipinski definition) is 1. The van der Waals surface area contributed by atoms with Gasteiger partial charge in [0.05, 0.1) is 0 Å². The van der Waals surface area contributed by atoms with Crippen LogP contribution in [0.3, 0.4) is 0 Å². The number of halogens is 1. The van der Waals surface area contributed by atoms with Crippen LogP contribution in [0.1, 0.15) is 12.5 Å². The van der Waals surface area contributed by atoms with Gasteiger partial charge in [0.2, 0.25) is 0 Å². The van der Waals surface area contributed by atoms with Crippen LogP contribution < -0.4 is 10.5 Å². The van der Waals surface area contributed by atoms with Crippen LogP contribution >= 0.6 is 0 Å². The summed E-state index contributed by atoms with van der Waals surface area (Å²) < 4.78 is 19.0. The number of anilines is 1. The summed E-state index contributed by atoms with van der Waals surface area (Å²) in [4.78, 5) is 0. The van der Waals surface area contributed by atoms with E-state index in [0.29, 0.717) is 11.4 Å². The summed E-state index contributed by atoms with van der Waals surface area (Å²) in [6.45, 7) is 2.06. The first-order valence-corrected chi connectivity index (χ1v) is 5.51. The van der Waals surface area contributed by atoms with Gasteiger partial charge in [0, 0.05) is 11.8 Å². The average molecular weight is 231 g/mol. The molecule has 0 aromatic heterocycles. The molecule has 2 nitrogen and oxygen atoms in total. The lowest BCUT2D eigenvalue weighted by Gasteiger charge is -2.08. The van der Waals surface area contributed by atoms with E-state index in [9.17, 15) is 4.39 Å². The number of rotatable bonds is 3. The smallest absolute Gasteiger partial charge is 0.167 e. The Morgan fingerprint density at radius 3 is 2.71 bits per heavy atom. The van der Waals surface area contributed by atoms with Crippen molar-refractivity contribution in [1.82, 2.24) is 0 Å². The molecule has 2 aromatic carbocycles. The Kier molecular flexibility index (Phi) is 3.28. The van der Waals surface area contributed by atoms with Crippen LogP contribution in [0.5, 0.6) is 11.5 Å². The third kappa shape index (κ3) is 2.75. The molecule has 17 heavy (non-hydrogen) atoms. The molecule has 0 spiro atoms. The van der Waals surface area contributed by atoms with Gasteiger partial charge in [0.15, 0.2) is 11.6 Å². The first-order chi connectivity index (χ1) is 8.19. The molecule has 2 aromatic rings. The van der Waals surface area contributed by atoms with E-state index in [1.807, 2.05) is 18.2 Å². The molecule has 0 heterocycles. The van der Waals surface area contributed by atoms with Crippen LogP contribution in [0.4, 0.5) is 10.1 Å². The normalized spacial score (nSPS) is 10.2. The third-order valence-electron chi connectivity index (χ3n) is 2.49. The van der Waals surface area contributed by atoms with Crippen molar-refractivity contribution >= 4 is 5.69 Å². The molecule has 0 saturated carbocycles. The summed E-state index contributed by atoms with van der Waals surface area (Å²) in [7, 11) is 0. The number of ether oxygens (including phenoxy) is 1. The van der Waals surface area contributed by atoms with E-state index < -0.39 is 5.82 Å². The topological polar surface area (TPSA) is 35.2 Å². The Balaban J connectivity index is 2.25. The quantitative estimate of drug-likeness (QED) is 0.816. The predicted octanol–water partition coefficient (Wildman–Crippen LogP) is 3.76. The fourth-order valence-corrected chi connectivity index (χ4v) is 1.56. The van der Waals surface area contributed by atoms with Gasteiger partial charge in [-0.2, -0.15) is 0 Å². The van der Waals surface area contributed by atoms with Gasteiger partial charge in [0.1, 0.15) is 5.75 Å². The molecule has 0 unspecified atom stereocenters. The zero-order chi connectivity index (χ0) is 12.3. The molecule has 2 N–H and O–H groups in total. The molecule has 88 valence electrons. The van der Waals surface area contributed by atoms with E-state index >= 15 is 0 Å². The van der Waals surface area contributed by atoms with Crippen molar-refractivity contribution in [3.8, 4) is 11.5 Å². The highest BCUT2D eigenvalue weighted by molar-refractivity contribution is 5.44. The molecule has 0 amide bonds. The van der Waals surface area contributed by atoms with Crippen LogP contribution in [-0.4, -0.2) is 0 Å². The maximum Gasteiger partial charge on any atom is 0.167 e. The lowest BCUT2D eigenvalue weighted by Crippen LogP contribution is -1.92. The molecule has 0 aliphatic heterocycles. The fourth-order valence-electron chi connectivity index (χ4n) is 1.56. The van der Waals surface area contributed by atoms with Crippen molar-refractivity contribution in [2.24, 2.45) is 0 Å². The summed E-state index contributed by atoms with van der Waals surface area (Å²) in [5.74, 6) is 0.368. The van der Waals surface area contributed by atoms with Crippen LogP contribution in [0, 0.1) is 5.82 Å². The van der Waals surface area contributed by atoms with E-state index in [-0.39, 0.29) is 5.75 Å². The van der Waals surface area contributed by atoms with Gasteiger partial charge in [-0.25, -0.2) is 4.39 Å². The van der Waals surface area contributed by atoms with Gasteiger partial charge in [-0.15, -0.1) is 0 Å². The minimum Gasteiger partial charge on any atom is -0.454 e. The Bertz CT molecular complexity index is 525. The fraction of sp³-hybridized carbons (Fsp3) is 0.143. The maximum absolute atomic E-state index is 13.5. The average Bonchev–Trinajstić information content (AvgIpc) is 2.33. The van der Waals surface area contributed by atoms with Crippen molar-refractivity contribution in [2.45, 2.75) is 13.3 Å². The highest BCUT2D eigenvalue weighted by Gasteiger charge is 2.05. The Morgan fingerprint density at radius 1 is 1.18 bits per heavy atom. The van der Waals surface area contributed by atoms with Crippen molar-refractivity contribution in [3.05, 3.63) is 53.8 Å². The van der Waals surface area contributed by atoms with Crippen LogP contribution in [0.25, 0.3) is 0 Å². The number of hydrogen-bond acceptors (Lipinski definition) is 2. The predicted molar refractivity (Wildman–Crippen MR) is 66.7 cm³/mol. The summed E-state index contributed by atoms with van der Waals surface area (Å²) in [6, 6.07) is 12.0. The van der Waals surface area contributed by atoms with Crippen LogP contribution in [0.15, 0.2) is 42.5 Å². The number of benzene rings is 2. The van der Waals surface area contributed by atoms with E-state index in [1.54, 1.807) is 12.1 Å².